The minimum atomic E-state index is -0.205. The monoisotopic (exact) mass is 325 g/mol. The highest BCUT2D eigenvalue weighted by Crippen LogP contribution is 2.37. The van der Waals surface area contributed by atoms with E-state index in [1.165, 1.54) is 22.3 Å². The summed E-state index contributed by atoms with van der Waals surface area (Å²) >= 11 is 0. The van der Waals surface area contributed by atoms with E-state index in [0.29, 0.717) is 5.69 Å². The summed E-state index contributed by atoms with van der Waals surface area (Å²) in [5.41, 5.74) is 7.13. The first-order valence-electron chi connectivity index (χ1n) is 8.25. The average Bonchev–Trinajstić information content (AvgIpc) is 3.23. The lowest BCUT2D eigenvalue weighted by molar-refractivity contribution is 0.102. The van der Waals surface area contributed by atoms with Gasteiger partial charge in [0.25, 0.3) is 5.91 Å². The van der Waals surface area contributed by atoms with Gasteiger partial charge in [0.15, 0.2) is 5.69 Å². The van der Waals surface area contributed by atoms with Gasteiger partial charge in [0.2, 0.25) is 0 Å². The molecular formula is C21H15N3O. The summed E-state index contributed by atoms with van der Waals surface area (Å²) in [5.74, 6) is -0.205. The Balaban J connectivity index is 1.49. The van der Waals surface area contributed by atoms with Crippen LogP contribution in [-0.2, 0) is 6.42 Å². The molecule has 1 aliphatic carbocycles. The van der Waals surface area contributed by atoms with E-state index in [1.54, 1.807) is 0 Å². The summed E-state index contributed by atoms with van der Waals surface area (Å²) in [4.78, 5) is 12.6. The Bertz CT molecular complexity index is 1130. The van der Waals surface area contributed by atoms with Crippen LogP contribution in [0.5, 0.6) is 0 Å². The van der Waals surface area contributed by atoms with Gasteiger partial charge in [-0.05, 0) is 46.9 Å². The maximum atomic E-state index is 12.6. The first-order chi connectivity index (χ1) is 12.3. The van der Waals surface area contributed by atoms with Crippen LogP contribution in [0.1, 0.15) is 21.6 Å². The molecule has 0 saturated carbocycles. The lowest BCUT2D eigenvalue weighted by atomic mass is 10.1. The second-order valence-corrected chi connectivity index (χ2v) is 6.28. The Labute approximate surface area is 144 Å². The van der Waals surface area contributed by atoms with Crippen LogP contribution in [0.25, 0.3) is 22.0 Å². The Kier molecular flexibility index (Phi) is 2.97. The van der Waals surface area contributed by atoms with E-state index in [2.05, 4.69) is 45.8 Å². The topological polar surface area (TPSA) is 57.8 Å². The van der Waals surface area contributed by atoms with Gasteiger partial charge in [-0.25, -0.2) is 0 Å². The van der Waals surface area contributed by atoms with Crippen LogP contribution in [-0.4, -0.2) is 16.1 Å². The Morgan fingerprint density at radius 2 is 1.72 bits per heavy atom. The van der Waals surface area contributed by atoms with Gasteiger partial charge in [-0.3, -0.25) is 9.89 Å². The highest BCUT2D eigenvalue weighted by Gasteiger charge is 2.19. The number of nitrogens with one attached hydrogen (secondary N) is 2. The fraction of sp³-hybridized carbons (Fsp3) is 0.0476. The fourth-order valence-corrected chi connectivity index (χ4v) is 3.53. The third-order valence-electron chi connectivity index (χ3n) is 4.74. The number of rotatable bonds is 2. The molecule has 0 fully saturated rings. The van der Waals surface area contributed by atoms with Crippen molar-refractivity contribution in [2.24, 2.45) is 0 Å². The molecule has 1 amide bonds. The number of benzene rings is 3. The summed E-state index contributed by atoms with van der Waals surface area (Å²) in [7, 11) is 0. The number of hydrogen-bond donors (Lipinski definition) is 2. The normalized spacial score (nSPS) is 12.0. The highest BCUT2D eigenvalue weighted by molar-refractivity contribution is 6.11. The zero-order valence-corrected chi connectivity index (χ0v) is 13.4. The van der Waals surface area contributed by atoms with Crippen molar-refractivity contribution in [1.82, 2.24) is 10.2 Å². The second kappa shape index (κ2) is 5.31. The summed E-state index contributed by atoms with van der Waals surface area (Å²) in [6.07, 6.45) is 0.948. The predicted octanol–water partition coefficient (Wildman–Crippen LogP) is 4.39. The molecule has 4 heteroatoms. The highest BCUT2D eigenvalue weighted by atomic mass is 16.1. The van der Waals surface area contributed by atoms with Crippen LogP contribution in [0.2, 0.25) is 0 Å². The Hall–Kier alpha value is -3.40. The molecule has 0 atom stereocenters. The molecule has 2 N–H and O–H groups in total. The molecule has 1 aromatic heterocycles. The van der Waals surface area contributed by atoms with Gasteiger partial charge in [0.1, 0.15) is 0 Å². The van der Waals surface area contributed by atoms with Crippen molar-refractivity contribution in [3.8, 4) is 11.1 Å². The molecule has 4 nitrogen and oxygen atoms in total. The summed E-state index contributed by atoms with van der Waals surface area (Å²) in [6.45, 7) is 0. The smallest absolute Gasteiger partial charge is 0.276 e. The summed E-state index contributed by atoms with van der Waals surface area (Å²) in [5, 5.41) is 10.9. The molecule has 0 bridgehead atoms. The van der Waals surface area contributed by atoms with E-state index in [1.807, 2.05) is 36.4 Å². The molecule has 0 saturated heterocycles. The number of anilines is 1. The summed E-state index contributed by atoms with van der Waals surface area (Å²) in [6, 6.07) is 22.1. The number of carbonyl (C=O) groups is 1. The van der Waals surface area contributed by atoms with E-state index in [-0.39, 0.29) is 5.91 Å². The zero-order chi connectivity index (χ0) is 16.8. The number of hydrogen-bond acceptors (Lipinski definition) is 2. The molecule has 0 aliphatic heterocycles. The largest absolute Gasteiger partial charge is 0.321 e. The lowest BCUT2D eigenvalue weighted by Crippen LogP contribution is -2.12. The quantitative estimate of drug-likeness (QED) is 0.506. The SMILES string of the molecule is O=C(Nc1ccc2c(c1)-c1ccccc1C2)c1n[nH]c2ccccc12. The first-order valence-corrected chi connectivity index (χ1v) is 8.25. The van der Waals surface area contributed by atoms with Crippen molar-refractivity contribution in [2.75, 3.05) is 5.32 Å². The lowest BCUT2D eigenvalue weighted by Gasteiger charge is -2.07. The standard InChI is InChI=1S/C21H15N3O/c25-21(20-17-7-3-4-8-19(17)23-24-20)22-15-10-9-14-11-13-5-1-2-6-16(13)18(14)12-15/h1-10,12H,11H2,(H,22,25)(H,23,24). The number of carbonyl (C=O) groups excluding carboxylic acids is 1. The molecule has 1 aliphatic rings. The second-order valence-electron chi connectivity index (χ2n) is 6.28. The van der Waals surface area contributed by atoms with Gasteiger partial charge in [-0.15, -0.1) is 0 Å². The van der Waals surface area contributed by atoms with Gasteiger partial charge in [-0.2, -0.15) is 5.10 Å². The summed E-state index contributed by atoms with van der Waals surface area (Å²) < 4.78 is 0. The maximum Gasteiger partial charge on any atom is 0.276 e. The van der Waals surface area contributed by atoms with Crippen LogP contribution in [0.3, 0.4) is 0 Å². The number of fused-ring (bicyclic) bond motifs is 4. The average molecular weight is 325 g/mol. The zero-order valence-electron chi connectivity index (χ0n) is 13.4. The van der Waals surface area contributed by atoms with Crippen molar-refractivity contribution in [3.05, 3.63) is 83.6 Å². The van der Waals surface area contributed by atoms with Crippen molar-refractivity contribution in [3.63, 3.8) is 0 Å². The number of H-pyrrole nitrogens is 1. The van der Waals surface area contributed by atoms with Crippen molar-refractivity contribution >= 4 is 22.5 Å². The van der Waals surface area contributed by atoms with Gasteiger partial charge in [0.05, 0.1) is 5.52 Å². The number of amides is 1. The molecule has 1 heterocycles. The Morgan fingerprint density at radius 3 is 2.68 bits per heavy atom. The third kappa shape index (κ3) is 2.22. The molecule has 120 valence electrons. The molecule has 3 aromatic carbocycles. The molecule has 0 spiro atoms. The molecular weight excluding hydrogens is 310 g/mol. The van der Waals surface area contributed by atoms with Crippen LogP contribution in [0.4, 0.5) is 5.69 Å². The number of para-hydroxylation sites is 1. The van der Waals surface area contributed by atoms with E-state index >= 15 is 0 Å². The van der Waals surface area contributed by atoms with Crippen LogP contribution >= 0.6 is 0 Å². The number of aromatic nitrogens is 2. The maximum absolute atomic E-state index is 12.6. The minimum Gasteiger partial charge on any atom is -0.321 e. The van der Waals surface area contributed by atoms with Crippen molar-refractivity contribution in [1.29, 1.82) is 0 Å². The van der Waals surface area contributed by atoms with E-state index in [0.717, 1.165) is 23.0 Å². The van der Waals surface area contributed by atoms with Crippen molar-refractivity contribution < 1.29 is 4.79 Å². The van der Waals surface area contributed by atoms with E-state index in [9.17, 15) is 4.79 Å². The predicted molar refractivity (Wildman–Crippen MR) is 98.7 cm³/mol. The van der Waals surface area contributed by atoms with Crippen molar-refractivity contribution in [2.45, 2.75) is 6.42 Å². The molecule has 25 heavy (non-hydrogen) atoms. The number of nitrogens with zero attached hydrogens (tertiary/aromatic N) is 1. The Morgan fingerprint density at radius 1 is 0.920 bits per heavy atom. The van der Waals surface area contributed by atoms with Crippen LogP contribution in [0, 0.1) is 0 Å². The fourth-order valence-electron chi connectivity index (χ4n) is 3.53. The van der Waals surface area contributed by atoms with Gasteiger partial charge < -0.3 is 5.32 Å². The van der Waals surface area contributed by atoms with E-state index < -0.39 is 0 Å². The van der Waals surface area contributed by atoms with Crippen LogP contribution < -0.4 is 5.32 Å². The first kappa shape index (κ1) is 14.0. The molecule has 5 rings (SSSR count). The molecule has 4 aromatic rings. The van der Waals surface area contributed by atoms with E-state index in [4.69, 9.17) is 0 Å². The van der Waals surface area contributed by atoms with Gasteiger partial charge in [-0.1, -0.05) is 48.5 Å². The third-order valence-corrected chi connectivity index (χ3v) is 4.74. The number of aromatic amines is 1. The minimum absolute atomic E-state index is 0.205. The van der Waals surface area contributed by atoms with Crippen LogP contribution in [0.15, 0.2) is 66.7 Å². The molecule has 0 unspecified atom stereocenters. The van der Waals surface area contributed by atoms with Gasteiger partial charge in [0, 0.05) is 11.1 Å². The van der Waals surface area contributed by atoms with Gasteiger partial charge >= 0.3 is 0 Å². The molecule has 0 radical (unpaired) electrons.